The number of carbonyl (C=O) groups excluding carboxylic acids is 1. The molecule has 2 aliphatic heterocycles. The van der Waals surface area contributed by atoms with Crippen LogP contribution in [0.1, 0.15) is 34.9 Å². The minimum Gasteiger partial charge on any atom is -0.497 e. The first kappa shape index (κ1) is 21.0. The number of ether oxygens (including phenoxy) is 3. The molecule has 1 N–H and O–H groups in total. The minimum atomic E-state index is -0.0878. The highest BCUT2D eigenvalue weighted by molar-refractivity contribution is 6.30. The van der Waals surface area contributed by atoms with Crippen LogP contribution in [-0.4, -0.2) is 56.8 Å². The molecule has 0 bridgehead atoms. The number of amides is 1. The third-order valence-electron chi connectivity index (χ3n) is 5.67. The van der Waals surface area contributed by atoms with Gasteiger partial charge in [-0.15, -0.1) is 0 Å². The Bertz CT molecular complexity index is 891. The molecule has 160 valence electrons. The number of carbonyl (C=O) groups is 1. The van der Waals surface area contributed by atoms with E-state index in [1.165, 1.54) is 0 Å². The summed E-state index contributed by atoms with van der Waals surface area (Å²) >= 11 is 5.95. The highest BCUT2D eigenvalue weighted by atomic mass is 35.5. The predicted molar refractivity (Wildman–Crippen MR) is 116 cm³/mol. The number of morpholine rings is 1. The van der Waals surface area contributed by atoms with Crippen LogP contribution in [0, 0.1) is 0 Å². The Hall–Kier alpha value is -2.28. The van der Waals surface area contributed by atoms with Crippen LogP contribution in [0.2, 0.25) is 5.02 Å². The molecule has 30 heavy (non-hydrogen) atoms. The zero-order valence-electron chi connectivity index (χ0n) is 17.1. The first-order valence-electron chi connectivity index (χ1n) is 10.4. The average molecular weight is 431 g/mol. The molecule has 1 fully saturated rings. The summed E-state index contributed by atoms with van der Waals surface area (Å²) < 4.78 is 17.5. The van der Waals surface area contributed by atoms with Crippen LogP contribution < -0.4 is 14.8 Å². The van der Waals surface area contributed by atoms with Crippen molar-refractivity contribution in [2.45, 2.75) is 25.0 Å². The molecule has 0 spiro atoms. The van der Waals surface area contributed by atoms with E-state index in [1.807, 2.05) is 18.2 Å². The molecule has 0 aromatic heterocycles. The number of benzene rings is 2. The van der Waals surface area contributed by atoms with Crippen LogP contribution in [0.5, 0.6) is 11.5 Å². The van der Waals surface area contributed by atoms with Crippen LogP contribution >= 0.6 is 11.6 Å². The maximum Gasteiger partial charge on any atom is 0.251 e. The molecule has 0 saturated carbocycles. The lowest BCUT2D eigenvalue weighted by atomic mass is 9.96. The Morgan fingerprint density at radius 3 is 3.00 bits per heavy atom. The lowest BCUT2D eigenvalue weighted by Crippen LogP contribution is -2.52. The average Bonchev–Trinajstić information content (AvgIpc) is 2.78. The van der Waals surface area contributed by atoms with Gasteiger partial charge in [0.1, 0.15) is 24.2 Å². The molecule has 2 heterocycles. The van der Waals surface area contributed by atoms with Crippen molar-refractivity contribution >= 4 is 17.5 Å². The van der Waals surface area contributed by atoms with Crippen molar-refractivity contribution < 1.29 is 19.0 Å². The van der Waals surface area contributed by atoms with Crippen molar-refractivity contribution in [2.75, 3.05) is 40.0 Å². The number of fused-ring (bicyclic) bond motifs is 3. The Morgan fingerprint density at radius 2 is 2.17 bits per heavy atom. The zero-order chi connectivity index (χ0) is 20.9. The lowest BCUT2D eigenvalue weighted by Gasteiger charge is -2.44. The molecule has 4 rings (SSSR count). The summed E-state index contributed by atoms with van der Waals surface area (Å²) in [6, 6.07) is 13.1. The Balaban J connectivity index is 1.27. The predicted octanol–water partition coefficient (Wildman–Crippen LogP) is 3.69. The normalized spacial score (nSPS) is 20.6. The van der Waals surface area contributed by atoms with Crippen LogP contribution in [0.15, 0.2) is 42.5 Å². The van der Waals surface area contributed by atoms with Gasteiger partial charge in [0.25, 0.3) is 5.91 Å². The van der Waals surface area contributed by atoms with Crippen molar-refractivity contribution in [1.82, 2.24) is 10.2 Å². The molecule has 0 unspecified atom stereocenters. The van der Waals surface area contributed by atoms with Gasteiger partial charge < -0.3 is 19.5 Å². The highest BCUT2D eigenvalue weighted by Crippen LogP contribution is 2.40. The summed E-state index contributed by atoms with van der Waals surface area (Å²) in [5, 5.41) is 3.53. The molecule has 1 amide bonds. The maximum atomic E-state index is 12.2. The number of methoxy groups -OCH3 is 1. The molecular weight excluding hydrogens is 404 g/mol. The van der Waals surface area contributed by atoms with E-state index in [0.717, 1.165) is 43.0 Å². The molecule has 0 aliphatic carbocycles. The molecule has 0 radical (unpaired) electrons. The first-order valence-corrected chi connectivity index (χ1v) is 10.7. The van der Waals surface area contributed by atoms with E-state index in [0.29, 0.717) is 30.3 Å². The number of rotatable bonds is 7. The van der Waals surface area contributed by atoms with E-state index >= 15 is 0 Å². The van der Waals surface area contributed by atoms with E-state index in [9.17, 15) is 4.79 Å². The second-order valence-corrected chi connectivity index (χ2v) is 8.02. The SMILES string of the molecule is COc1ccc2c(c1)[C@H]1OCCN(CCCCNC(=O)c3cccc(Cl)c3)[C@@H]1CO2. The topological polar surface area (TPSA) is 60.0 Å². The summed E-state index contributed by atoms with van der Waals surface area (Å²) in [6.07, 6.45) is 1.90. The van der Waals surface area contributed by atoms with Gasteiger partial charge in [-0.25, -0.2) is 0 Å². The number of nitrogens with zero attached hydrogens (tertiary/aromatic N) is 1. The van der Waals surface area contributed by atoms with Gasteiger partial charge in [0, 0.05) is 29.2 Å². The number of nitrogens with one attached hydrogen (secondary N) is 1. The van der Waals surface area contributed by atoms with Crippen molar-refractivity contribution in [3.63, 3.8) is 0 Å². The van der Waals surface area contributed by atoms with E-state index in [1.54, 1.807) is 31.4 Å². The second-order valence-electron chi connectivity index (χ2n) is 7.58. The lowest BCUT2D eigenvalue weighted by molar-refractivity contribution is -0.0960. The van der Waals surface area contributed by atoms with Crippen molar-refractivity contribution in [3.05, 3.63) is 58.6 Å². The zero-order valence-corrected chi connectivity index (χ0v) is 17.9. The van der Waals surface area contributed by atoms with Gasteiger partial charge in [-0.1, -0.05) is 17.7 Å². The van der Waals surface area contributed by atoms with Gasteiger partial charge >= 0.3 is 0 Å². The number of halogens is 1. The minimum absolute atomic E-state index is 0.000122. The maximum absolute atomic E-state index is 12.2. The van der Waals surface area contributed by atoms with Crippen molar-refractivity contribution in [1.29, 1.82) is 0 Å². The molecule has 2 atom stereocenters. The smallest absolute Gasteiger partial charge is 0.251 e. The quantitative estimate of drug-likeness (QED) is 0.679. The standard InChI is InChI=1S/C23H27ClN2O4/c1-28-18-7-8-21-19(14-18)22-20(15-30-21)26(11-12-29-22)10-3-2-9-25-23(27)16-5-4-6-17(24)13-16/h4-8,13-14,20,22H,2-3,9-12,15H2,1H3,(H,25,27)/t20-,22-/m1/s1. The first-order chi connectivity index (χ1) is 14.7. The molecular formula is C23H27ClN2O4. The fourth-order valence-electron chi connectivity index (χ4n) is 4.09. The second kappa shape index (κ2) is 9.69. The Morgan fingerprint density at radius 1 is 1.27 bits per heavy atom. The van der Waals surface area contributed by atoms with E-state index in [2.05, 4.69) is 10.2 Å². The van der Waals surface area contributed by atoms with Gasteiger partial charge in [0.05, 0.1) is 19.8 Å². The van der Waals surface area contributed by atoms with E-state index in [-0.39, 0.29) is 18.1 Å². The van der Waals surface area contributed by atoms with Crippen LogP contribution in [-0.2, 0) is 4.74 Å². The summed E-state index contributed by atoms with van der Waals surface area (Å²) in [4.78, 5) is 14.6. The van der Waals surface area contributed by atoms with Gasteiger partial charge in [0.15, 0.2) is 0 Å². The summed E-state index contributed by atoms with van der Waals surface area (Å²) in [5.41, 5.74) is 1.65. The fourth-order valence-corrected chi connectivity index (χ4v) is 4.28. The third-order valence-corrected chi connectivity index (χ3v) is 5.91. The van der Waals surface area contributed by atoms with E-state index in [4.69, 9.17) is 25.8 Å². The number of hydrogen-bond donors (Lipinski definition) is 1. The van der Waals surface area contributed by atoms with Crippen LogP contribution in [0.3, 0.4) is 0 Å². The third kappa shape index (κ3) is 4.72. The van der Waals surface area contributed by atoms with E-state index < -0.39 is 0 Å². The van der Waals surface area contributed by atoms with Gasteiger partial charge in [-0.3, -0.25) is 9.69 Å². The number of hydrogen-bond acceptors (Lipinski definition) is 5. The Kier molecular flexibility index (Phi) is 6.77. The molecule has 2 aromatic carbocycles. The van der Waals surface area contributed by atoms with Gasteiger partial charge in [-0.2, -0.15) is 0 Å². The molecule has 7 heteroatoms. The summed E-state index contributed by atoms with van der Waals surface area (Å²) in [5.74, 6) is 1.60. The summed E-state index contributed by atoms with van der Waals surface area (Å²) in [7, 11) is 1.67. The van der Waals surface area contributed by atoms with Crippen molar-refractivity contribution in [2.24, 2.45) is 0 Å². The van der Waals surface area contributed by atoms with Crippen LogP contribution in [0.25, 0.3) is 0 Å². The van der Waals surface area contributed by atoms with Gasteiger partial charge in [-0.05, 0) is 55.8 Å². The molecule has 2 aliphatic rings. The molecule has 1 saturated heterocycles. The molecule has 6 nitrogen and oxygen atoms in total. The summed E-state index contributed by atoms with van der Waals surface area (Å²) in [6.45, 7) is 3.79. The molecule has 2 aromatic rings. The monoisotopic (exact) mass is 430 g/mol. The van der Waals surface area contributed by atoms with Crippen molar-refractivity contribution in [3.8, 4) is 11.5 Å². The van der Waals surface area contributed by atoms with Crippen LogP contribution in [0.4, 0.5) is 0 Å². The highest BCUT2D eigenvalue weighted by Gasteiger charge is 2.38. The Labute approximate surface area is 182 Å². The number of unbranched alkanes of at least 4 members (excludes halogenated alkanes) is 1. The van der Waals surface area contributed by atoms with Gasteiger partial charge in [0.2, 0.25) is 0 Å². The fraction of sp³-hybridized carbons (Fsp3) is 0.435. The largest absolute Gasteiger partial charge is 0.497 e.